The highest BCUT2D eigenvalue weighted by Gasteiger charge is 2.41. The summed E-state index contributed by atoms with van der Waals surface area (Å²) in [4.78, 5) is 38.1. The van der Waals surface area contributed by atoms with Crippen LogP contribution in [0.15, 0.2) is 48.2 Å². The first-order valence-electron chi connectivity index (χ1n) is 8.38. The van der Waals surface area contributed by atoms with Crippen molar-refractivity contribution in [2.24, 2.45) is 0 Å². The van der Waals surface area contributed by atoms with Gasteiger partial charge in [0.05, 0.1) is 28.5 Å². The fourth-order valence-corrected chi connectivity index (χ4v) is 3.24. The molecule has 150 valence electrons. The lowest BCUT2D eigenvalue weighted by Gasteiger charge is -2.15. The molecule has 0 spiro atoms. The van der Waals surface area contributed by atoms with Gasteiger partial charge in [-0.25, -0.2) is 9.69 Å². The molecule has 1 heterocycles. The van der Waals surface area contributed by atoms with Crippen LogP contribution in [0.2, 0.25) is 10.0 Å². The summed E-state index contributed by atoms with van der Waals surface area (Å²) in [5.74, 6) is -2.93. The van der Waals surface area contributed by atoms with Crippen molar-refractivity contribution in [2.75, 3.05) is 25.2 Å². The highest BCUT2D eigenvalue weighted by atomic mass is 35.5. The van der Waals surface area contributed by atoms with E-state index in [4.69, 9.17) is 32.7 Å². The van der Waals surface area contributed by atoms with Crippen molar-refractivity contribution in [2.45, 2.75) is 0 Å². The molecule has 0 unspecified atom stereocenters. The van der Waals surface area contributed by atoms with Crippen LogP contribution in [0.1, 0.15) is 15.9 Å². The molecule has 2 aromatic carbocycles. The third-order valence-corrected chi connectivity index (χ3v) is 4.69. The van der Waals surface area contributed by atoms with Crippen LogP contribution >= 0.6 is 23.2 Å². The number of amides is 2. The average molecular weight is 436 g/mol. The van der Waals surface area contributed by atoms with E-state index in [2.05, 4.69) is 0 Å². The molecule has 2 amide bonds. The second kappa shape index (κ2) is 8.65. The van der Waals surface area contributed by atoms with Gasteiger partial charge in [-0.15, -0.1) is 0 Å². The Bertz CT molecular complexity index is 1020. The molecule has 2 aromatic rings. The molecule has 1 N–H and O–H groups in total. The number of rotatable bonds is 6. The largest absolute Gasteiger partial charge is 0.502 e. The minimum Gasteiger partial charge on any atom is -0.502 e. The summed E-state index contributed by atoms with van der Waals surface area (Å²) in [6.07, 6.45) is 0. The molecule has 0 atom stereocenters. The number of hydrogen-bond donors (Lipinski definition) is 1. The van der Waals surface area contributed by atoms with E-state index in [1.807, 2.05) is 0 Å². The Morgan fingerprint density at radius 2 is 1.72 bits per heavy atom. The second-order valence-corrected chi connectivity index (χ2v) is 6.81. The van der Waals surface area contributed by atoms with Gasteiger partial charge in [0.2, 0.25) is 0 Å². The Morgan fingerprint density at radius 3 is 2.34 bits per heavy atom. The van der Waals surface area contributed by atoms with Gasteiger partial charge in [-0.2, -0.15) is 0 Å². The average Bonchev–Trinajstić information content (AvgIpc) is 2.91. The van der Waals surface area contributed by atoms with Gasteiger partial charge in [0.25, 0.3) is 5.91 Å². The monoisotopic (exact) mass is 435 g/mol. The summed E-state index contributed by atoms with van der Waals surface area (Å²) in [6.45, 7) is 0.366. The molecule has 0 fully saturated rings. The Labute approximate surface area is 176 Å². The molecule has 0 saturated carbocycles. The highest BCUT2D eigenvalue weighted by Crippen LogP contribution is 2.36. The molecule has 7 nitrogen and oxygen atoms in total. The summed E-state index contributed by atoms with van der Waals surface area (Å²) in [6, 6.07) is 9.98. The summed E-state index contributed by atoms with van der Waals surface area (Å²) in [5.41, 5.74) is 0.384. The van der Waals surface area contributed by atoms with Gasteiger partial charge in [0.15, 0.2) is 5.76 Å². The number of esters is 1. The molecular formula is C20H15Cl2NO6. The van der Waals surface area contributed by atoms with Crippen LogP contribution in [0.25, 0.3) is 5.57 Å². The van der Waals surface area contributed by atoms with Crippen molar-refractivity contribution >= 4 is 52.2 Å². The Hall–Kier alpha value is -2.87. The number of hydrogen-bond acceptors (Lipinski definition) is 6. The topological polar surface area (TPSA) is 93.1 Å². The lowest BCUT2D eigenvalue weighted by atomic mass is 10.1. The van der Waals surface area contributed by atoms with E-state index in [-0.39, 0.29) is 40.6 Å². The van der Waals surface area contributed by atoms with Gasteiger partial charge >= 0.3 is 11.9 Å². The summed E-state index contributed by atoms with van der Waals surface area (Å²) in [5, 5.41) is 10.7. The molecule has 3 rings (SSSR count). The van der Waals surface area contributed by atoms with Gasteiger partial charge in [-0.05, 0) is 36.4 Å². The van der Waals surface area contributed by atoms with Crippen molar-refractivity contribution in [3.8, 4) is 0 Å². The van der Waals surface area contributed by atoms with Gasteiger partial charge < -0.3 is 14.6 Å². The lowest BCUT2D eigenvalue weighted by Crippen LogP contribution is -2.31. The number of aliphatic hydroxyl groups is 1. The quantitative estimate of drug-likeness (QED) is 0.422. The maximum Gasteiger partial charge on any atom is 0.338 e. The number of benzene rings is 2. The van der Waals surface area contributed by atoms with Gasteiger partial charge in [-0.3, -0.25) is 9.59 Å². The fraction of sp³-hybridized carbons (Fsp3) is 0.150. The van der Waals surface area contributed by atoms with Crippen molar-refractivity contribution < 1.29 is 29.0 Å². The Morgan fingerprint density at radius 1 is 1.03 bits per heavy atom. The van der Waals surface area contributed by atoms with E-state index >= 15 is 0 Å². The van der Waals surface area contributed by atoms with E-state index in [1.54, 1.807) is 0 Å². The summed E-state index contributed by atoms with van der Waals surface area (Å²) < 4.78 is 9.81. The second-order valence-electron chi connectivity index (χ2n) is 5.97. The van der Waals surface area contributed by atoms with E-state index in [0.29, 0.717) is 5.02 Å². The van der Waals surface area contributed by atoms with Gasteiger partial charge in [-0.1, -0.05) is 29.3 Å². The van der Waals surface area contributed by atoms with Crippen molar-refractivity contribution in [3.05, 3.63) is 69.4 Å². The minimum absolute atomic E-state index is 0.100. The molecule has 0 aromatic heterocycles. The molecule has 0 saturated heterocycles. The van der Waals surface area contributed by atoms with E-state index in [0.717, 1.165) is 4.90 Å². The molecule has 0 bridgehead atoms. The predicted molar refractivity (Wildman–Crippen MR) is 107 cm³/mol. The number of ether oxygens (including phenoxy) is 2. The number of anilines is 1. The molecule has 1 aliphatic rings. The zero-order chi connectivity index (χ0) is 21.1. The first-order valence-corrected chi connectivity index (χ1v) is 9.14. The number of carbonyl (C=O) groups excluding carboxylic acids is 3. The standard InChI is InChI=1S/C20H15Cl2NO6/c1-28-8-9-29-20(27)11-2-5-13(6-3-11)23-18(25)16(17(24)19(23)26)14-7-4-12(21)10-15(14)22/h2-7,10,24H,8-9H2,1H3. The molecule has 9 heteroatoms. The highest BCUT2D eigenvalue weighted by molar-refractivity contribution is 6.47. The third kappa shape index (κ3) is 4.12. The van der Waals surface area contributed by atoms with Crippen LogP contribution in [0, 0.1) is 0 Å². The van der Waals surface area contributed by atoms with Crippen molar-refractivity contribution in [1.29, 1.82) is 0 Å². The zero-order valence-electron chi connectivity index (χ0n) is 15.1. The van der Waals surface area contributed by atoms with E-state index in [1.165, 1.54) is 49.6 Å². The number of methoxy groups -OCH3 is 1. The maximum atomic E-state index is 12.8. The Balaban J connectivity index is 1.85. The molecule has 0 radical (unpaired) electrons. The molecular weight excluding hydrogens is 421 g/mol. The zero-order valence-corrected chi connectivity index (χ0v) is 16.7. The van der Waals surface area contributed by atoms with Crippen LogP contribution in [-0.2, 0) is 19.1 Å². The number of aliphatic hydroxyl groups excluding tert-OH is 1. The lowest BCUT2D eigenvalue weighted by molar-refractivity contribution is -0.121. The first-order chi connectivity index (χ1) is 13.8. The summed E-state index contributed by atoms with van der Waals surface area (Å²) in [7, 11) is 1.49. The van der Waals surface area contributed by atoms with Crippen LogP contribution in [0.3, 0.4) is 0 Å². The van der Waals surface area contributed by atoms with Crippen LogP contribution in [-0.4, -0.2) is 43.2 Å². The van der Waals surface area contributed by atoms with Crippen molar-refractivity contribution in [3.63, 3.8) is 0 Å². The minimum atomic E-state index is -0.897. The van der Waals surface area contributed by atoms with Crippen LogP contribution in [0.4, 0.5) is 5.69 Å². The van der Waals surface area contributed by atoms with E-state index < -0.39 is 23.5 Å². The number of nitrogens with zero attached hydrogens (tertiary/aromatic N) is 1. The van der Waals surface area contributed by atoms with E-state index in [9.17, 15) is 19.5 Å². The van der Waals surface area contributed by atoms with Crippen LogP contribution < -0.4 is 4.90 Å². The molecule has 0 aliphatic carbocycles. The normalized spacial score (nSPS) is 14.0. The first kappa shape index (κ1) is 20.9. The number of carbonyl (C=O) groups is 3. The molecule has 1 aliphatic heterocycles. The third-order valence-electron chi connectivity index (χ3n) is 4.14. The molecule has 29 heavy (non-hydrogen) atoms. The predicted octanol–water partition coefficient (Wildman–Crippen LogP) is 3.64. The van der Waals surface area contributed by atoms with Gasteiger partial charge in [0.1, 0.15) is 6.61 Å². The smallest absolute Gasteiger partial charge is 0.338 e. The SMILES string of the molecule is COCCOC(=O)c1ccc(N2C(=O)C(O)=C(c3ccc(Cl)cc3Cl)C2=O)cc1. The van der Waals surface area contributed by atoms with Crippen LogP contribution in [0.5, 0.6) is 0 Å². The van der Waals surface area contributed by atoms with Gasteiger partial charge in [0, 0.05) is 17.7 Å². The fourth-order valence-electron chi connectivity index (χ4n) is 2.74. The maximum absolute atomic E-state index is 12.8. The number of imide groups is 1. The Kier molecular flexibility index (Phi) is 6.22. The summed E-state index contributed by atoms with van der Waals surface area (Å²) >= 11 is 12.0. The van der Waals surface area contributed by atoms with Crippen molar-refractivity contribution in [1.82, 2.24) is 0 Å². The number of halogens is 2.